The van der Waals surface area contributed by atoms with E-state index in [9.17, 15) is 0 Å². The number of ether oxygens (including phenoxy) is 1. The Labute approximate surface area is 51.0 Å². The van der Waals surface area contributed by atoms with E-state index in [0.29, 0.717) is 0 Å². The first-order chi connectivity index (χ1) is 3.91. The molecule has 0 aliphatic carbocycles. The van der Waals surface area contributed by atoms with Crippen LogP contribution in [0.1, 0.15) is 19.8 Å². The minimum Gasteiger partial charge on any atom is -0.382 e. The molecule has 50 valence electrons. The molecule has 0 amide bonds. The van der Waals surface area contributed by atoms with Gasteiger partial charge in [-0.1, -0.05) is 0 Å². The highest BCUT2D eigenvalue weighted by Gasteiger charge is 1.82. The molecule has 0 heterocycles. The van der Waals surface area contributed by atoms with Gasteiger partial charge in [-0.2, -0.15) is 0 Å². The number of nitrogens with two attached hydrogens (primary N) is 1. The van der Waals surface area contributed by atoms with E-state index in [2.05, 4.69) is 0 Å². The Morgan fingerprint density at radius 1 is 1.38 bits per heavy atom. The van der Waals surface area contributed by atoms with Crippen molar-refractivity contribution >= 4 is 0 Å². The van der Waals surface area contributed by atoms with Crippen molar-refractivity contribution in [3.05, 3.63) is 0 Å². The Morgan fingerprint density at radius 2 is 2.12 bits per heavy atom. The SMILES string of the molecule is CCOCCCCN. The molecule has 0 unspecified atom stereocenters. The molecular weight excluding hydrogens is 102 g/mol. The van der Waals surface area contributed by atoms with Crippen LogP contribution < -0.4 is 5.73 Å². The first kappa shape index (κ1) is 7.92. The predicted octanol–water partition coefficient (Wildman–Crippen LogP) is 0.762. The Hall–Kier alpha value is -0.0800. The topological polar surface area (TPSA) is 35.2 Å². The average Bonchev–Trinajstić information content (AvgIpc) is 1.81. The van der Waals surface area contributed by atoms with Crippen LogP contribution in [0.15, 0.2) is 0 Å². The van der Waals surface area contributed by atoms with E-state index >= 15 is 0 Å². The molecule has 0 atom stereocenters. The largest absolute Gasteiger partial charge is 0.382 e. The summed E-state index contributed by atoms with van der Waals surface area (Å²) >= 11 is 0. The van der Waals surface area contributed by atoms with Gasteiger partial charge in [-0.3, -0.25) is 0 Å². The summed E-state index contributed by atoms with van der Waals surface area (Å²) in [6, 6.07) is 0. The zero-order valence-corrected chi connectivity index (χ0v) is 5.52. The second kappa shape index (κ2) is 6.92. The minimum absolute atomic E-state index is 0.785. The van der Waals surface area contributed by atoms with E-state index in [0.717, 1.165) is 32.6 Å². The maximum absolute atomic E-state index is 5.26. The van der Waals surface area contributed by atoms with Crippen molar-refractivity contribution in [2.75, 3.05) is 19.8 Å². The monoisotopic (exact) mass is 117 g/mol. The van der Waals surface area contributed by atoms with Crippen LogP contribution >= 0.6 is 0 Å². The fraction of sp³-hybridized carbons (Fsp3) is 1.00. The van der Waals surface area contributed by atoms with Crippen LogP contribution in [0.2, 0.25) is 0 Å². The van der Waals surface area contributed by atoms with Gasteiger partial charge in [0.25, 0.3) is 0 Å². The first-order valence-electron chi connectivity index (χ1n) is 3.19. The van der Waals surface area contributed by atoms with Crippen LogP contribution in [0, 0.1) is 0 Å². The molecule has 2 heteroatoms. The third kappa shape index (κ3) is 5.92. The van der Waals surface area contributed by atoms with E-state index in [-0.39, 0.29) is 0 Å². The van der Waals surface area contributed by atoms with Gasteiger partial charge in [-0.05, 0) is 26.3 Å². The third-order valence-corrected chi connectivity index (χ3v) is 0.947. The van der Waals surface area contributed by atoms with E-state index in [1.807, 2.05) is 6.92 Å². The summed E-state index contributed by atoms with van der Waals surface area (Å²) in [5.41, 5.74) is 5.26. The first-order valence-corrected chi connectivity index (χ1v) is 3.19. The van der Waals surface area contributed by atoms with Crippen LogP contribution in [0.3, 0.4) is 0 Å². The summed E-state index contributed by atoms with van der Waals surface area (Å²) in [6.45, 7) is 4.48. The van der Waals surface area contributed by atoms with Crippen molar-refractivity contribution in [1.29, 1.82) is 0 Å². The molecule has 0 rings (SSSR count). The molecule has 2 N–H and O–H groups in total. The number of hydrogen-bond acceptors (Lipinski definition) is 2. The minimum atomic E-state index is 0.785. The molecule has 0 saturated heterocycles. The maximum atomic E-state index is 5.26. The molecule has 0 fully saturated rings. The highest BCUT2D eigenvalue weighted by molar-refractivity contribution is 4.37. The van der Waals surface area contributed by atoms with Gasteiger partial charge in [0.05, 0.1) is 0 Å². The lowest BCUT2D eigenvalue weighted by atomic mass is 10.3. The molecule has 0 aromatic rings. The Bertz CT molecular complexity index is 33.5. The zero-order chi connectivity index (χ0) is 6.24. The fourth-order valence-electron chi connectivity index (χ4n) is 0.493. The molecule has 0 aromatic carbocycles. The summed E-state index contributed by atoms with van der Waals surface area (Å²) in [7, 11) is 0. The predicted molar refractivity (Wildman–Crippen MR) is 34.8 cm³/mol. The van der Waals surface area contributed by atoms with Gasteiger partial charge < -0.3 is 10.5 Å². The zero-order valence-electron chi connectivity index (χ0n) is 5.52. The molecule has 0 saturated carbocycles. The van der Waals surface area contributed by atoms with Gasteiger partial charge in [0.15, 0.2) is 0 Å². The second-order valence-corrected chi connectivity index (χ2v) is 1.69. The third-order valence-electron chi connectivity index (χ3n) is 0.947. The lowest BCUT2D eigenvalue weighted by Crippen LogP contribution is -2.01. The van der Waals surface area contributed by atoms with Crippen LogP contribution in [0.4, 0.5) is 0 Å². The summed E-state index contributed by atoms with van der Waals surface area (Å²) < 4.78 is 5.08. The molecule has 0 aliphatic heterocycles. The summed E-state index contributed by atoms with van der Waals surface area (Å²) in [4.78, 5) is 0. The normalized spacial score (nSPS) is 9.75. The van der Waals surface area contributed by atoms with Crippen LogP contribution in [-0.2, 0) is 4.74 Å². The van der Waals surface area contributed by atoms with E-state index in [1.165, 1.54) is 0 Å². The number of unbranched alkanes of at least 4 members (excludes halogenated alkanes) is 1. The van der Waals surface area contributed by atoms with E-state index < -0.39 is 0 Å². The van der Waals surface area contributed by atoms with Crippen molar-refractivity contribution < 1.29 is 4.74 Å². The van der Waals surface area contributed by atoms with Gasteiger partial charge in [-0.25, -0.2) is 0 Å². The summed E-state index contributed by atoms with van der Waals surface area (Å²) in [5, 5.41) is 0. The Morgan fingerprint density at radius 3 is 2.62 bits per heavy atom. The smallest absolute Gasteiger partial charge is 0.0466 e. The van der Waals surface area contributed by atoms with Crippen LogP contribution in [0.25, 0.3) is 0 Å². The highest BCUT2D eigenvalue weighted by Crippen LogP contribution is 1.85. The number of hydrogen-bond donors (Lipinski definition) is 1. The lowest BCUT2D eigenvalue weighted by Gasteiger charge is -1.96. The molecule has 0 spiro atoms. The van der Waals surface area contributed by atoms with Gasteiger partial charge in [0.2, 0.25) is 0 Å². The standard InChI is InChI=1S/C6H15NO/c1-2-8-6-4-3-5-7/h2-7H2,1H3. The fourth-order valence-corrected chi connectivity index (χ4v) is 0.493. The molecule has 0 aromatic heterocycles. The van der Waals surface area contributed by atoms with Crippen molar-refractivity contribution in [3.8, 4) is 0 Å². The molecule has 0 radical (unpaired) electrons. The van der Waals surface area contributed by atoms with Crippen molar-refractivity contribution in [2.45, 2.75) is 19.8 Å². The summed E-state index contributed by atoms with van der Waals surface area (Å²) in [5.74, 6) is 0. The van der Waals surface area contributed by atoms with Crippen molar-refractivity contribution in [1.82, 2.24) is 0 Å². The Kier molecular flexibility index (Phi) is 6.85. The maximum Gasteiger partial charge on any atom is 0.0466 e. The number of rotatable bonds is 5. The van der Waals surface area contributed by atoms with Crippen LogP contribution in [0.5, 0.6) is 0 Å². The van der Waals surface area contributed by atoms with Gasteiger partial charge in [0.1, 0.15) is 0 Å². The van der Waals surface area contributed by atoms with Crippen molar-refractivity contribution in [2.24, 2.45) is 5.73 Å². The lowest BCUT2D eigenvalue weighted by molar-refractivity contribution is 0.144. The van der Waals surface area contributed by atoms with Gasteiger partial charge in [-0.15, -0.1) is 0 Å². The highest BCUT2D eigenvalue weighted by atomic mass is 16.5. The van der Waals surface area contributed by atoms with Crippen molar-refractivity contribution in [3.63, 3.8) is 0 Å². The van der Waals surface area contributed by atoms with E-state index in [1.54, 1.807) is 0 Å². The molecular formula is C6H15NO. The summed E-state index contributed by atoms with van der Waals surface area (Å²) in [6.07, 6.45) is 2.18. The van der Waals surface area contributed by atoms with Crippen LogP contribution in [-0.4, -0.2) is 19.8 Å². The second-order valence-electron chi connectivity index (χ2n) is 1.69. The molecule has 8 heavy (non-hydrogen) atoms. The molecule has 2 nitrogen and oxygen atoms in total. The van der Waals surface area contributed by atoms with Gasteiger partial charge in [0, 0.05) is 13.2 Å². The van der Waals surface area contributed by atoms with Gasteiger partial charge >= 0.3 is 0 Å². The average molecular weight is 117 g/mol. The quantitative estimate of drug-likeness (QED) is 0.539. The Balaban J connectivity index is 2.53. The molecule has 0 aliphatic rings. The van der Waals surface area contributed by atoms with E-state index in [4.69, 9.17) is 10.5 Å². The molecule has 0 bridgehead atoms.